The normalized spacial score (nSPS) is 21.4. The van der Waals surface area contributed by atoms with Gasteiger partial charge in [0.1, 0.15) is 23.0 Å². The van der Waals surface area contributed by atoms with Gasteiger partial charge in [-0.2, -0.15) is 0 Å². The van der Waals surface area contributed by atoms with Crippen LogP contribution in [-0.2, 0) is 0 Å². The number of hydrogen-bond acceptors (Lipinski definition) is 5. The molecule has 8 aromatic rings. The summed E-state index contributed by atoms with van der Waals surface area (Å²) in [5, 5.41) is 8.69. The second-order valence-corrected chi connectivity index (χ2v) is 15.0. The predicted molar refractivity (Wildman–Crippen MR) is 201 cm³/mol. The molecule has 6 heteroatoms. The zero-order valence-electron chi connectivity index (χ0n) is 27.1. The number of aromatic nitrogens is 1. The molecule has 6 aromatic carbocycles. The van der Waals surface area contributed by atoms with Crippen LogP contribution in [0.25, 0.3) is 49.4 Å². The van der Waals surface area contributed by atoms with Crippen molar-refractivity contribution < 1.29 is 13.9 Å². The third-order valence-corrected chi connectivity index (χ3v) is 12.5. The fourth-order valence-corrected chi connectivity index (χ4v) is 10.3. The van der Waals surface area contributed by atoms with Gasteiger partial charge in [-0.25, -0.2) is 0 Å². The molecular weight excluding hydrogens is 637 g/mol. The van der Waals surface area contributed by atoms with E-state index >= 15 is 0 Å². The molecule has 50 heavy (non-hydrogen) atoms. The van der Waals surface area contributed by atoms with Crippen molar-refractivity contribution in [2.24, 2.45) is 0 Å². The third-order valence-electron chi connectivity index (χ3n) is 11.2. The lowest BCUT2D eigenvalue weighted by Gasteiger charge is -2.35. The van der Waals surface area contributed by atoms with E-state index in [-0.39, 0.29) is 11.9 Å². The second-order valence-electron chi connectivity index (χ2n) is 13.8. The maximum Gasteiger partial charge on any atom is 0.170 e. The van der Waals surface area contributed by atoms with E-state index in [1.807, 2.05) is 36.0 Å². The summed E-state index contributed by atoms with van der Waals surface area (Å²) in [5.41, 5.74) is 9.28. The minimum absolute atomic E-state index is 0.100. The maximum absolute atomic E-state index is 13.8. The highest BCUT2D eigenvalue weighted by molar-refractivity contribution is 8.00. The van der Waals surface area contributed by atoms with E-state index in [4.69, 9.17) is 9.15 Å². The topological polar surface area (TPSA) is 56.4 Å². The summed E-state index contributed by atoms with van der Waals surface area (Å²) in [6, 6.07) is 44.8. The Morgan fingerprint density at radius 3 is 2.42 bits per heavy atom. The van der Waals surface area contributed by atoms with Gasteiger partial charge in [-0.05, 0) is 78.0 Å². The van der Waals surface area contributed by atoms with Crippen molar-refractivity contribution in [1.29, 1.82) is 0 Å². The SMILES string of the molecule is O=C1CC(c2ccc(C3CCNC4Sc5ccccc5C43)cc2)Oc2ccc(-n3c4ccccc4c4cc5c(cc43)oc3ccccc35)cc21. The van der Waals surface area contributed by atoms with Gasteiger partial charge in [0.2, 0.25) is 0 Å². The van der Waals surface area contributed by atoms with E-state index in [0.717, 1.165) is 68.0 Å². The largest absolute Gasteiger partial charge is 0.484 e. The van der Waals surface area contributed by atoms with Gasteiger partial charge in [-0.1, -0.05) is 78.9 Å². The molecule has 0 spiro atoms. The summed E-state index contributed by atoms with van der Waals surface area (Å²) in [7, 11) is 0. The molecule has 5 heterocycles. The summed E-state index contributed by atoms with van der Waals surface area (Å²) < 4.78 is 15.1. The molecule has 1 saturated heterocycles. The Kier molecular flexibility index (Phi) is 6.19. The molecule has 0 bridgehead atoms. The lowest BCUT2D eigenvalue weighted by molar-refractivity contribution is 0.0850. The molecule has 1 N–H and O–H groups in total. The number of carbonyl (C=O) groups excluding carboxylic acids is 1. The van der Waals surface area contributed by atoms with Crippen molar-refractivity contribution in [1.82, 2.24) is 9.88 Å². The molecule has 0 amide bonds. The van der Waals surface area contributed by atoms with Gasteiger partial charge in [0.05, 0.1) is 28.4 Å². The number of hydrogen-bond donors (Lipinski definition) is 1. The highest BCUT2D eigenvalue weighted by atomic mass is 32.2. The van der Waals surface area contributed by atoms with Crippen molar-refractivity contribution >= 4 is 61.3 Å². The zero-order chi connectivity index (χ0) is 32.9. The summed E-state index contributed by atoms with van der Waals surface area (Å²) in [5.74, 6) is 1.66. The fourth-order valence-electron chi connectivity index (χ4n) is 8.83. The Labute approximate surface area is 292 Å². The van der Waals surface area contributed by atoms with Gasteiger partial charge in [-0.15, -0.1) is 11.8 Å². The molecule has 2 aromatic heterocycles. The van der Waals surface area contributed by atoms with Crippen LogP contribution in [0.15, 0.2) is 137 Å². The van der Waals surface area contributed by atoms with E-state index in [0.29, 0.717) is 34.9 Å². The van der Waals surface area contributed by atoms with Crippen LogP contribution in [0.3, 0.4) is 0 Å². The molecule has 3 aliphatic heterocycles. The minimum atomic E-state index is -0.312. The van der Waals surface area contributed by atoms with Gasteiger partial charge in [0, 0.05) is 44.1 Å². The first-order chi connectivity index (χ1) is 24.7. The number of carbonyl (C=O) groups is 1. The third kappa shape index (κ3) is 4.22. The van der Waals surface area contributed by atoms with E-state index in [1.54, 1.807) is 0 Å². The standard InChI is InChI=1S/C44H32N2O3S/c47-37-24-40(26-15-13-25(14-16-26)28-19-20-45-44-43(28)31-9-3-6-12-42(31)50-44)48-39-18-17-27(21-34(37)39)46-35-10-4-1-7-29(35)32-22-33-30-8-2-5-11-38(30)49-41(33)23-36(32)46/h1-18,21-23,28,40,43-45H,19-20,24H2. The Hall–Kier alpha value is -5.30. The number of benzene rings is 6. The number of thioether (sulfide) groups is 1. The number of fused-ring (bicyclic) bond motifs is 10. The molecule has 0 saturated carbocycles. The predicted octanol–water partition coefficient (Wildman–Crippen LogP) is 10.7. The number of ether oxygens (including phenoxy) is 1. The summed E-state index contributed by atoms with van der Waals surface area (Å²) >= 11 is 1.97. The second kappa shape index (κ2) is 10.8. The number of Topliss-reactive ketones (excluding diaryl/α,β-unsaturated/α-hetero) is 1. The van der Waals surface area contributed by atoms with Gasteiger partial charge in [0.25, 0.3) is 0 Å². The molecule has 242 valence electrons. The van der Waals surface area contributed by atoms with Crippen molar-refractivity contribution in [3.8, 4) is 11.4 Å². The highest BCUT2D eigenvalue weighted by Crippen LogP contribution is 2.53. The van der Waals surface area contributed by atoms with E-state index < -0.39 is 0 Å². The Balaban J connectivity index is 0.926. The molecule has 3 aliphatic rings. The Morgan fingerprint density at radius 1 is 0.700 bits per heavy atom. The average molecular weight is 669 g/mol. The van der Waals surface area contributed by atoms with E-state index in [9.17, 15) is 4.79 Å². The van der Waals surface area contributed by atoms with Crippen LogP contribution in [0.2, 0.25) is 0 Å². The van der Waals surface area contributed by atoms with E-state index in [1.165, 1.54) is 16.0 Å². The Morgan fingerprint density at radius 2 is 1.50 bits per heavy atom. The number of rotatable bonds is 3. The number of nitrogens with one attached hydrogen (secondary N) is 1. The van der Waals surface area contributed by atoms with Crippen LogP contribution in [0, 0.1) is 0 Å². The molecule has 4 unspecified atom stereocenters. The van der Waals surface area contributed by atoms with Crippen LogP contribution in [0.5, 0.6) is 5.75 Å². The molecule has 0 aliphatic carbocycles. The van der Waals surface area contributed by atoms with Crippen molar-refractivity contribution in [3.05, 3.63) is 150 Å². The number of furan rings is 1. The molecular formula is C44H32N2O3S. The average Bonchev–Trinajstić information content (AvgIpc) is 3.83. The molecule has 0 radical (unpaired) electrons. The molecule has 4 atom stereocenters. The Bertz CT molecular complexity index is 2670. The van der Waals surface area contributed by atoms with Crippen molar-refractivity contribution in [3.63, 3.8) is 0 Å². The van der Waals surface area contributed by atoms with Crippen LogP contribution in [-0.4, -0.2) is 22.3 Å². The highest BCUT2D eigenvalue weighted by Gasteiger charge is 2.41. The molecule has 11 rings (SSSR count). The number of ketones is 1. The fraction of sp³-hybridized carbons (Fsp3) is 0.159. The smallest absolute Gasteiger partial charge is 0.170 e. The van der Waals surface area contributed by atoms with Crippen LogP contribution < -0.4 is 10.1 Å². The number of nitrogens with zero attached hydrogens (tertiary/aromatic N) is 1. The number of para-hydroxylation sites is 2. The van der Waals surface area contributed by atoms with Crippen molar-refractivity contribution in [2.45, 2.75) is 41.1 Å². The quantitative estimate of drug-likeness (QED) is 0.203. The van der Waals surface area contributed by atoms with Crippen LogP contribution >= 0.6 is 11.8 Å². The molecule has 1 fully saturated rings. The first kappa shape index (κ1) is 28.5. The summed E-state index contributed by atoms with van der Waals surface area (Å²) in [4.78, 5) is 15.2. The zero-order valence-corrected chi connectivity index (χ0v) is 28.0. The number of piperidine rings is 1. The van der Waals surface area contributed by atoms with E-state index in [2.05, 4.69) is 113 Å². The summed E-state index contributed by atoms with van der Waals surface area (Å²) in [6.45, 7) is 1.02. The van der Waals surface area contributed by atoms with Gasteiger partial charge >= 0.3 is 0 Å². The van der Waals surface area contributed by atoms with Gasteiger partial charge < -0.3 is 19.0 Å². The monoisotopic (exact) mass is 668 g/mol. The van der Waals surface area contributed by atoms with Gasteiger partial charge in [0.15, 0.2) is 5.78 Å². The first-order valence-electron chi connectivity index (χ1n) is 17.5. The molecule has 5 nitrogen and oxygen atoms in total. The van der Waals surface area contributed by atoms with Gasteiger partial charge in [-0.3, -0.25) is 4.79 Å². The minimum Gasteiger partial charge on any atom is -0.484 e. The lowest BCUT2D eigenvalue weighted by Crippen LogP contribution is -2.39. The maximum atomic E-state index is 13.8. The van der Waals surface area contributed by atoms with Crippen LogP contribution in [0.4, 0.5) is 0 Å². The lowest BCUT2D eigenvalue weighted by atomic mass is 9.77. The van der Waals surface area contributed by atoms with Crippen molar-refractivity contribution in [2.75, 3.05) is 6.54 Å². The summed E-state index contributed by atoms with van der Waals surface area (Å²) in [6.07, 6.45) is 1.11. The van der Waals surface area contributed by atoms with Crippen LogP contribution in [0.1, 0.15) is 57.8 Å². The first-order valence-corrected chi connectivity index (χ1v) is 18.3.